The van der Waals surface area contributed by atoms with Crippen molar-refractivity contribution in [3.05, 3.63) is 17.6 Å². The summed E-state index contributed by atoms with van der Waals surface area (Å²) < 4.78 is 5.19. The van der Waals surface area contributed by atoms with E-state index in [0.717, 1.165) is 25.2 Å². The number of nitrogens with zero attached hydrogens (tertiary/aromatic N) is 2. The van der Waals surface area contributed by atoms with Crippen molar-refractivity contribution in [3.8, 4) is 0 Å². The van der Waals surface area contributed by atoms with Crippen LogP contribution in [0.15, 0.2) is 6.33 Å². The van der Waals surface area contributed by atoms with Crippen LogP contribution in [0.5, 0.6) is 0 Å². The number of ether oxygens (including phenoxy) is 1. The monoisotopic (exact) mass is 207 g/mol. The van der Waals surface area contributed by atoms with Crippen molar-refractivity contribution in [1.29, 1.82) is 0 Å². The van der Waals surface area contributed by atoms with Crippen molar-refractivity contribution in [3.63, 3.8) is 0 Å². The van der Waals surface area contributed by atoms with E-state index in [0.29, 0.717) is 0 Å². The second kappa shape index (κ2) is 4.57. The van der Waals surface area contributed by atoms with Crippen molar-refractivity contribution >= 4 is 5.82 Å². The second-order valence-corrected chi connectivity index (χ2v) is 3.93. The van der Waals surface area contributed by atoms with Gasteiger partial charge in [0.25, 0.3) is 0 Å². The maximum absolute atomic E-state index is 5.19. The van der Waals surface area contributed by atoms with Crippen LogP contribution < -0.4 is 5.32 Å². The number of aryl methyl sites for hydroxylation is 1. The summed E-state index contributed by atoms with van der Waals surface area (Å²) in [6.45, 7) is 2.83. The number of anilines is 1. The molecule has 0 aromatic carbocycles. The standard InChI is InChI=1S/C11H17N3O/c1-8(15-2)6-12-11-9-4-3-5-10(9)13-7-14-11/h7-8H,3-6H2,1-2H3,(H,12,13,14). The third kappa shape index (κ3) is 2.26. The third-order valence-corrected chi connectivity index (χ3v) is 2.83. The minimum Gasteiger partial charge on any atom is -0.380 e. The summed E-state index contributed by atoms with van der Waals surface area (Å²) in [7, 11) is 1.72. The molecule has 0 spiro atoms. The molecule has 0 amide bonds. The SMILES string of the molecule is COC(C)CNc1ncnc2c1CCC2. The molecular formula is C11H17N3O. The Labute approximate surface area is 90.1 Å². The number of methoxy groups -OCH3 is 1. The maximum atomic E-state index is 5.19. The van der Waals surface area contributed by atoms with Gasteiger partial charge in [-0.25, -0.2) is 9.97 Å². The number of hydrogen-bond acceptors (Lipinski definition) is 4. The number of nitrogens with one attached hydrogen (secondary N) is 1. The Bertz CT molecular complexity index is 341. The highest BCUT2D eigenvalue weighted by molar-refractivity contribution is 5.47. The molecule has 1 heterocycles. The molecule has 1 atom stereocenters. The van der Waals surface area contributed by atoms with Gasteiger partial charge in [0.15, 0.2) is 0 Å². The number of fused-ring (bicyclic) bond motifs is 1. The fourth-order valence-electron chi connectivity index (χ4n) is 1.84. The normalized spacial score (nSPS) is 16.1. The molecule has 1 N–H and O–H groups in total. The van der Waals surface area contributed by atoms with Gasteiger partial charge >= 0.3 is 0 Å². The van der Waals surface area contributed by atoms with E-state index in [1.54, 1.807) is 13.4 Å². The van der Waals surface area contributed by atoms with E-state index >= 15 is 0 Å². The fraction of sp³-hybridized carbons (Fsp3) is 0.636. The average Bonchev–Trinajstić information content (AvgIpc) is 2.74. The predicted octanol–water partition coefficient (Wildman–Crippen LogP) is 1.41. The van der Waals surface area contributed by atoms with Gasteiger partial charge in [-0.15, -0.1) is 0 Å². The van der Waals surface area contributed by atoms with Crippen LogP contribution in [-0.4, -0.2) is 29.7 Å². The lowest BCUT2D eigenvalue weighted by Crippen LogP contribution is -2.19. The van der Waals surface area contributed by atoms with Crippen molar-refractivity contribution < 1.29 is 4.74 Å². The van der Waals surface area contributed by atoms with Gasteiger partial charge in [-0.3, -0.25) is 0 Å². The lowest BCUT2D eigenvalue weighted by Gasteiger charge is -2.13. The largest absolute Gasteiger partial charge is 0.380 e. The zero-order valence-electron chi connectivity index (χ0n) is 9.29. The van der Waals surface area contributed by atoms with Crippen molar-refractivity contribution in [2.75, 3.05) is 19.0 Å². The van der Waals surface area contributed by atoms with Gasteiger partial charge in [-0.2, -0.15) is 0 Å². The summed E-state index contributed by atoms with van der Waals surface area (Å²) in [6, 6.07) is 0. The topological polar surface area (TPSA) is 47.0 Å². The zero-order valence-corrected chi connectivity index (χ0v) is 9.29. The molecule has 15 heavy (non-hydrogen) atoms. The molecule has 1 aromatic heterocycles. The summed E-state index contributed by atoms with van der Waals surface area (Å²) >= 11 is 0. The lowest BCUT2D eigenvalue weighted by molar-refractivity contribution is 0.128. The summed E-state index contributed by atoms with van der Waals surface area (Å²) in [5.41, 5.74) is 2.50. The predicted molar refractivity (Wildman–Crippen MR) is 59.0 cm³/mol. The van der Waals surface area contributed by atoms with Crippen molar-refractivity contribution in [1.82, 2.24) is 9.97 Å². The van der Waals surface area contributed by atoms with E-state index in [1.165, 1.54) is 17.7 Å². The number of rotatable bonds is 4. The molecule has 4 heteroatoms. The summed E-state index contributed by atoms with van der Waals surface area (Å²) in [6.07, 6.45) is 5.23. The number of hydrogen-bond donors (Lipinski definition) is 1. The van der Waals surface area contributed by atoms with E-state index < -0.39 is 0 Å². The quantitative estimate of drug-likeness (QED) is 0.811. The third-order valence-electron chi connectivity index (χ3n) is 2.83. The highest BCUT2D eigenvalue weighted by Gasteiger charge is 2.16. The Morgan fingerprint density at radius 2 is 2.33 bits per heavy atom. The van der Waals surface area contributed by atoms with Crippen LogP contribution in [0.2, 0.25) is 0 Å². The highest BCUT2D eigenvalue weighted by Crippen LogP contribution is 2.24. The van der Waals surface area contributed by atoms with Crippen molar-refractivity contribution in [2.24, 2.45) is 0 Å². The number of aromatic nitrogens is 2. The Balaban J connectivity index is 2.06. The Kier molecular flexibility index (Phi) is 3.16. The van der Waals surface area contributed by atoms with E-state index in [2.05, 4.69) is 15.3 Å². The summed E-state index contributed by atoms with van der Waals surface area (Å²) in [5.74, 6) is 0.987. The van der Waals surface area contributed by atoms with Crippen molar-refractivity contribution in [2.45, 2.75) is 32.3 Å². The second-order valence-electron chi connectivity index (χ2n) is 3.93. The van der Waals surface area contributed by atoms with Gasteiger partial charge in [0.05, 0.1) is 6.10 Å². The summed E-state index contributed by atoms with van der Waals surface area (Å²) in [5, 5.41) is 3.32. The molecule has 0 bridgehead atoms. The molecule has 0 radical (unpaired) electrons. The highest BCUT2D eigenvalue weighted by atomic mass is 16.5. The molecule has 4 nitrogen and oxygen atoms in total. The first-order chi connectivity index (χ1) is 7.31. The molecule has 1 aromatic rings. The molecule has 0 saturated carbocycles. The first kappa shape index (κ1) is 10.4. The molecule has 0 fully saturated rings. The molecular weight excluding hydrogens is 190 g/mol. The van der Waals surface area contributed by atoms with Gasteiger partial charge in [-0.1, -0.05) is 0 Å². The van der Waals surface area contributed by atoms with Crippen LogP contribution in [0.25, 0.3) is 0 Å². The average molecular weight is 207 g/mol. The fourth-order valence-corrected chi connectivity index (χ4v) is 1.84. The van der Waals surface area contributed by atoms with E-state index in [1.807, 2.05) is 6.92 Å². The molecule has 0 saturated heterocycles. The van der Waals surface area contributed by atoms with Crippen LogP contribution in [0.4, 0.5) is 5.82 Å². The van der Waals surface area contributed by atoms with Gasteiger partial charge < -0.3 is 10.1 Å². The van der Waals surface area contributed by atoms with Crippen LogP contribution in [0.1, 0.15) is 24.6 Å². The molecule has 1 unspecified atom stereocenters. The lowest BCUT2D eigenvalue weighted by atomic mass is 10.2. The zero-order chi connectivity index (χ0) is 10.7. The molecule has 1 aliphatic rings. The van der Waals surface area contributed by atoms with Crippen LogP contribution >= 0.6 is 0 Å². The van der Waals surface area contributed by atoms with E-state index in [-0.39, 0.29) is 6.10 Å². The van der Waals surface area contributed by atoms with Gasteiger partial charge in [0.2, 0.25) is 0 Å². The summed E-state index contributed by atoms with van der Waals surface area (Å²) in [4.78, 5) is 8.56. The Morgan fingerprint density at radius 3 is 3.13 bits per heavy atom. The molecule has 0 aliphatic heterocycles. The molecule has 2 rings (SSSR count). The first-order valence-electron chi connectivity index (χ1n) is 5.40. The Morgan fingerprint density at radius 1 is 1.47 bits per heavy atom. The van der Waals surface area contributed by atoms with Crippen LogP contribution in [0.3, 0.4) is 0 Å². The van der Waals surface area contributed by atoms with E-state index in [9.17, 15) is 0 Å². The van der Waals surface area contributed by atoms with Gasteiger partial charge in [0.1, 0.15) is 12.1 Å². The van der Waals surface area contributed by atoms with E-state index in [4.69, 9.17) is 4.74 Å². The maximum Gasteiger partial charge on any atom is 0.132 e. The first-order valence-corrected chi connectivity index (χ1v) is 5.40. The molecule has 1 aliphatic carbocycles. The van der Waals surface area contributed by atoms with Gasteiger partial charge in [0, 0.05) is 24.9 Å². The molecule has 82 valence electrons. The van der Waals surface area contributed by atoms with Crippen LogP contribution in [-0.2, 0) is 17.6 Å². The Hall–Kier alpha value is -1.16. The van der Waals surface area contributed by atoms with Gasteiger partial charge in [-0.05, 0) is 26.2 Å². The smallest absolute Gasteiger partial charge is 0.132 e. The minimum atomic E-state index is 0.206. The minimum absolute atomic E-state index is 0.206. The van der Waals surface area contributed by atoms with Crippen LogP contribution in [0, 0.1) is 0 Å².